The molecule has 0 aromatic heterocycles. The van der Waals surface area contributed by atoms with Crippen LogP contribution in [-0.2, 0) is 19.0 Å². The van der Waals surface area contributed by atoms with Crippen LogP contribution in [0.4, 0.5) is 4.79 Å². The second-order valence-corrected chi connectivity index (χ2v) is 8.54. The molecule has 0 aliphatic rings. The van der Waals surface area contributed by atoms with Crippen LogP contribution in [-0.4, -0.2) is 55.5 Å². The monoisotopic (exact) mass is 443 g/mol. The Morgan fingerprint density at radius 2 is 1.29 bits per heavy atom. The van der Waals surface area contributed by atoms with E-state index in [1.165, 1.54) is 44.9 Å². The van der Waals surface area contributed by atoms with Crippen LogP contribution >= 0.6 is 0 Å². The van der Waals surface area contributed by atoms with E-state index in [0.717, 1.165) is 45.3 Å². The number of hydrogen-bond donors (Lipinski definition) is 0. The van der Waals surface area contributed by atoms with E-state index < -0.39 is 18.2 Å². The van der Waals surface area contributed by atoms with Gasteiger partial charge in [-0.25, -0.2) is 9.59 Å². The van der Waals surface area contributed by atoms with E-state index in [1.807, 2.05) is 0 Å². The number of unbranched alkanes of at least 4 members (excludes halogenated alkanes) is 9. The first-order chi connectivity index (χ1) is 14.9. The van der Waals surface area contributed by atoms with Gasteiger partial charge in [-0.05, 0) is 46.2 Å². The van der Waals surface area contributed by atoms with Crippen LogP contribution in [0.2, 0.25) is 0 Å². The molecule has 0 N–H and O–H groups in total. The highest BCUT2D eigenvalue weighted by Gasteiger charge is 2.25. The Bertz CT molecular complexity index is 438. The molecule has 0 aliphatic carbocycles. The Morgan fingerprint density at radius 3 is 1.81 bits per heavy atom. The van der Waals surface area contributed by atoms with Gasteiger partial charge in [0.1, 0.15) is 0 Å². The zero-order valence-electron chi connectivity index (χ0n) is 21.0. The molecule has 31 heavy (non-hydrogen) atoms. The van der Waals surface area contributed by atoms with Crippen molar-refractivity contribution in [1.29, 1.82) is 0 Å². The van der Waals surface area contributed by atoms with E-state index in [2.05, 4.69) is 25.7 Å². The highest BCUT2D eigenvalue weighted by atomic mass is 16.7. The third-order valence-electron chi connectivity index (χ3n) is 5.41. The van der Waals surface area contributed by atoms with Crippen LogP contribution in [0.1, 0.15) is 112 Å². The summed E-state index contributed by atoms with van der Waals surface area (Å²) in [5.41, 5.74) is 0. The second kappa shape index (κ2) is 20.6. The number of esters is 1. The Morgan fingerprint density at radius 1 is 0.742 bits per heavy atom. The van der Waals surface area contributed by atoms with Crippen LogP contribution in [0.15, 0.2) is 0 Å². The molecule has 184 valence electrons. The lowest BCUT2D eigenvalue weighted by Crippen LogP contribution is -2.31. The Hall–Kier alpha value is -1.30. The van der Waals surface area contributed by atoms with Crippen molar-refractivity contribution < 1.29 is 23.8 Å². The fraction of sp³-hybridized carbons (Fsp3) is 0.920. The molecule has 0 aromatic rings. The van der Waals surface area contributed by atoms with E-state index in [9.17, 15) is 9.59 Å². The van der Waals surface area contributed by atoms with E-state index in [1.54, 1.807) is 13.8 Å². The van der Waals surface area contributed by atoms with Crippen molar-refractivity contribution in [1.82, 2.24) is 4.90 Å². The van der Waals surface area contributed by atoms with Crippen molar-refractivity contribution in [2.45, 2.75) is 124 Å². The van der Waals surface area contributed by atoms with Crippen LogP contribution < -0.4 is 0 Å². The largest absolute Gasteiger partial charge is 0.509 e. The number of nitrogens with zero attached hydrogens (tertiary/aromatic N) is 1. The van der Waals surface area contributed by atoms with Gasteiger partial charge in [-0.2, -0.15) is 0 Å². The molecule has 0 rings (SSSR count). The van der Waals surface area contributed by atoms with Gasteiger partial charge < -0.3 is 19.1 Å². The minimum absolute atomic E-state index is 0.239. The van der Waals surface area contributed by atoms with Gasteiger partial charge in [-0.3, -0.25) is 0 Å². The average Bonchev–Trinajstić information content (AvgIpc) is 2.73. The summed E-state index contributed by atoms with van der Waals surface area (Å²) in [7, 11) is 0. The highest BCUT2D eigenvalue weighted by Crippen LogP contribution is 2.14. The molecule has 0 aromatic carbocycles. The maximum absolute atomic E-state index is 12.3. The van der Waals surface area contributed by atoms with Crippen LogP contribution in [0, 0.1) is 0 Å². The summed E-state index contributed by atoms with van der Waals surface area (Å²) in [6.45, 7) is 13.2. The maximum Gasteiger partial charge on any atom is 0.509 e. The van der Waals surface area contributed by atoms with Gasteiger partial charge in [0.15, 0.2) is 0 Å². The molecule has 0 radical (unpaired) electrons. The van der Waals surface area contributed by atoms with Crippen molar-refractivity contribution >= 4 is 12.1 Å². The molecule has 0 fully saturated rings. The average molecular weight is 444 g/mol. The predicted octanol–water partition coefficient (Wildman–Crippen LogP) is 6.50. The highest BCUT2D eigenvalue weighted by molar-refractivity contribution is 5.77. The first kappa shape index (κ1) is 29.7. The normalized spacial score (nSPS) is 12.2. The van der Waals surface area contributed by atoms with Gasteiger partial charge in [0.05, 0.1) is 12.7 Å². The van der Waals surface area contributed by atoms with Crippen LogP contribution in [0.5, 0.6) is 0 Å². The van der Waals surface area contributed by atoms with E-state index in [4.69, 9.17) is 14.2 Å². The summed E-state index contributed by atoms with van der Waals surface area (Å²) in [5, 5.41) is 0. The maximum atomic E-state index is 12.3. The van der Waals surface area contributed by atoms with E-state index in [-0.39, 0.29) is 6.10 Å². The van der Waals surface area contributed by atoms with Crippen molar-refractivity contribution in [3.8, 4) is 0 Å². The van der Waals surface area contributed by atoms with Gasteiger partial charge in [-0.15, -0.1) is 0 Å². The molecule has 1 unspecified atom stereocenters. The minimum Gasteiger partial charge on any atom is -0.460 e. The molecule has 0 heterocycles. The number of carbonyl (C=O) groups is 2. The molecule has 0 spiro atoms. The van der Waals surface area contributed by atoms with E-state index in [0.29, 0.717) is 13.0 Å². The summed E-state index contributed by atoms with van der Waals surface area (Å²) in [4.78, 5) is 26.6. The summed E-state index contributed by atoms with van der Waals surface area (Å²) >= 11 is 0. The molecule has 0 saturated heterocycles. The number of rotatable bonds is 20. The smallest absolute Gasteiger partial charge is 0.460 e. The minimum atomic E-state index is -0.883. The molecule has 1 atom stereocenters. The first-order valence-corrected chi connectivity index (χ1v) is 12.7. The van der Waals surface area contributed by atoms with E-state index >= 15 is 0 Å². The number of carbonyl (C=O) groups excluding carboxylic acids is 2. The molecular weight excluding hydrogens is 394 g/mol. The fourth-order valence-electron chi connectivity index (χ4n) is 3.48. The molecule has 6 nitrogen and oxygen atoms in total. The van der Waals surface area contributed by atoms with Gasteiger partial charge in [0.2, 0.25) is 6.10 Å². The van der Waals surface area contributed by atoms with Crippen molar-refractivity contribution in [2.24, 2.45) is 0 Å². The molecule has 0 amide bonds. The number of ether oxygens (including phenoxy) is 3. The van der Waals surface area contributed by atoms with Crippen LogP contribution in [0.25, 0.3) is 0 Å². The quantitative estimate of drug-likeness (QED) is 0.158. The zero-order chi connectivity index (χ0) is 23.3. The van der Waals surface area contributed by atoms with Gasteiger partial charge in [0.25, 0.3) is 0 Å². The number of hydrogen-bond acceptors (Lipinski definition) is 6. The Balaban J connectivity index is 4.15. The molecule has 0 aliphatic heterocycles. The van der Waals surface area contributed by atoms with Gasteiger partial charge >= 0.3 is 12.1 Å². The summed E-state index contributed by atoms with van der Waals surface area (Å²) < 4.78 is 15.7. The Kier molecular flexibility index (Phi) is 19.7. The van der Waals surface area contributed by atoms with Gasteiger partial charge in [0, 0.05) is 6.54 Å². The molecular formula is C25H49NO5. The first-order valence-electron chi connectivity index (χ1n) is 12.7. The lowest BCUT2D eigenvalue weighted by Gasteiger charge is -2.19. The SMILES string of the molecule is CCCCCCCCCCCCC(OC(=O)OCCCN(CC)CC)C(=O)OC(C)C. The third kappa shape index (κ3) is 18.0. The summed E-state index contributed by atoms with van der Waals surface area (Å²) in [6.07, 6.45) is 11.5. The predicted molar refractivity (Wildman–Crippen MR) is 126 cm³/mol. The van der Waals surface area contributed by atoms with Crippen molar-refractivity contribution in [3.05, 3.63) is 0 Å². The summed E-state index contributed by atoms with van der Waals surface area (Å²) in [5.74, 6) is -0.481. The zero-order valence-corrected chi connectivity index (χ0v) is 21.0. The van der Waals surface area contributed by atoms with Gasteiger partial charge in [-0.1, -0.05) is 78.6 Å². The van der Waals surface area contributed by atoms with Crippen LogP contribution in [0.3, 0.4) is 0 Å². The summed E-state index contributed by atoms with van der Waals surface area (Å²) in [6, 6.07) is 0. The molecule has 0 bridgehead atoms. The third-order valence-corrected chi connectivity index (χ3v) is 5.41. The van der Waals surface area contributed by atoms with Crippen molar-refractivity contribution in [3.63, 3.8) is 0 Å². The lowest BCUT2D eigenvalue weighted by molar-refractivity contribution is -0.159. The Labute approximate surface area is 191 Å². The molecule has 6 heteroatoms. The fourth-order valence-corrected chi connectivity index (χ4v) is 3.48. The molecule has 0 saturated carbocycles. The lowest BCUT2D eigenvalue weighted by atomic mass is 10.0. The van der Waals surface area contributed by atoms with Crippen molar-refractivity contribution in [2.75, 3.05) is 26.2 Å². The second-order valence-electron chi connectivity index (χ2n) is 8.54. The standard InChI is InChI=1S/C25H49NO5/c1-6-9-10-11-12-13-14-15-16-17-19-23(24(27)30-22(4)5)31-25(28)29-21-18-20-26(7-2)8-3/h22-23H,6-21H2,1-5H3. The topological polar surface area (TPSA) is 65.1 Å².